The fraction of sp³-hybridized carbons (Fsp3) is 0.462. The third-order valence-electron chi connectivity index (χ3n) is 5.71. The summed E-state index contributed by atoms with van der Waals surface area (Å²) in [5, 5.41) is 17.1. The van der Waals surface area contributed by atoms with Crippen molar-refractivity contribution in [3.8, 4) is 18.9 Å². The molecule has 1 saturated heterocycles. The van der Waals surface area contributed by atoms with Gasteiger partial charge in [0.2, 0.25) is 5.95 Å². The molecule has 1 aliphatic heterocycles. The van der Waals surface area contributed by atoms with Crippen LogP contribution in [0.1, 0.15) is 61.2 Å². The minimum absolute atomic E-state index is 0.0159. The van der Waals surface area contributed by atoms with E-state index in [-0.39, 0.29) is 5.84 Å². The lowest BCUT2D eigenvalue weighted by Crippen LogP contribution is -2.45. The highest BCUT2D eigenvalue weighted by molar-refractivity contribution is 7.16. The van der Waals surface area contributed by atoms with E-state index in [2.05, 4.69) is 52.3 Å². The Balaban J connectivity index is 0.000000307. The first-order valence-electron chi connectivity index (χ1n) is 11.7. The lowest BCUT2D eigenvalue weighted by atomic mass is 9.81. The maximum absolute atomic E-state index is 9.11. The summed E-state index contributed by atoms with van der Waals surface area (Å²) in [6.07, 6.45) is 13.0. The van der Waals surface area contributed by atoms with Gasteiger partial charge in [0.15, 0.2) is 0 Å². The molecule has 1 fully saturated rings. The summed E-state index contributed by atoms with van der Waals surface area (Å²) in [7, 11) is 2.10. The minimum Gasteiger partial charge on any atom is -0.389 e. The molecule has 3 heterocycles. The van der Waals surface area contributed by atoms with E-state index < -0.39 is 0 Å². The molecule has 1 aliphatic carbocycles. The number of aromatic nitrogens is 2. The number of terminal acetylenes is 1. The van der Waals surface area contributed by atoms with Crippen LogP contribution in [0.15, 0.2) is 24.4 Å². The van der Waals surface area contributed by atoms with Crippen LogP contribution in [0.4, 0.5) is 10.9 Å². The van der Waals surface area contributed by atoms with Crippen LogP contribution in [-0.4, -0.2) is 53.9 Å². The van der Waals surface area contributed by atoms with E-state index in [1.807, 2.05) is 20.8 Å². The van der Waals surface area contributed by atoms with Gasteiger partial charge < -0.3 is 21.3 Å². The number of hydrogen-bond acceptors (Lipinski definition) is 8. The summed E-state index contributed by atoms with van der Waals surface area (Å²) in [4.78, 5) is 14.2. The summed E-state index contributed by atoms with van der Waals surface area (Å²) in [5.74, 6) is 0.996. The average Bonchev–Trinajstić information content (AvgIpc) is 3.22. The Hall–Kier alpha value is -3.40. The highest BCUT2D eigenvalue weighted by atomic mass is 32.1. The fourth-order valence-electron chi connectivity index (χ4n) is 3.94. The Labute approximate surface area is 214 Å². The minimum atomic E-state index is -0.0159. The summed E-state index contributed by atoms with van der Waals surface area (Å²) in [6.45, 7) is 13.9. The predicted molar refractivity (Wildman–Crippen MR) is 148 cm³/mol. The van der Waals surface area contributed by atoms with Gasteiger partial charge >= 0.3 is 0 Å². The zero-order valence-corrected chi connectivity index (χ0v) is 22.2. The molecule has 1 atom stereocenters. The number of nitrogens with two attached hydrogens (primary N) is 2. The zero-order valence-electron chi connectivity index (χ0n) is 21.3. The number of fused-ring (bicyclic) bond motifs is 1. The van der Waals surface area contributed by atoms with Crippen molar-refractivity contribution in [3.63, 3.8) is 0 Å². The molecule has 0 spiro atoms. The molecule has 2 aromatic rings. The van der Waals surface area contributed by atoms with Crippen LogP contribution in [0.3, 0.4) is 0 Å². The van der Waals surface area contributed by atoms with E-state index >= 15 is 0 Å². The van der Waals surface area contributed by atoms with Gasteiger partial charge in [0, 0.05) is 43.2 Å². The van der Waals surface area contributed by atoms with Crippen molar-refractivity contribution in [1.82, 2.24) is 14.9 Å². The molecule has 0 radical (unpaired) electrons. The van der Waals surface area contributed by atoms with E-state index in [4.69, 9.17) is 22.1 Å². The summed E-state index contributed by atoms with van der Waals surface area (Å²) >= 11 is 1.58. The second kappa shape index (κ2) is 14.8. The average molecular weight is 495 g/mol. The van der Waals surface area contributed by atoms with Crippen molar-refractivity contribution < 1.29 is 0 Å². The molecule has 2 aromatic heterocycles. The molecule has 0 saturated carbocycles. The van der Waals surface area contributed by atoms with Crippen LogP contribution in [0.5, 0.6) is 0 Å². The molecule has 4 rings (SSSR count). The summed E-state index contributed by atoms with van der Waals surface area (Å²) < 4.78 is 0. The number of amidine groups is 1. The van der Waals surface area contributed by atoms with E-state index in [0.29, 0.717) is 28.1 Å². The van der Waals surface area contributed by atoms with Gasteiger partial charge in [-0.1, -0.05) is 26.0 Å². The first-order chi connectivity index (χ1) is 16.8. The smallest absolute Gasteiger partial charge is 0.226 e. The number of nitrogens with one attached hydrogen (secondary N) is 1. The quantitative estimate of drug-likeness (QED) is 0.254. The van der Waals surface area contributed by atoms with Crippen molar-refractivity contribution in [2.75, 3.05) is 43.9 Å². The maximum atomic E-state index is 9.11. The van der Waals surface area contributed by atoms with Gasteiger partial charge in [-0.2, -0.15) is 5.26 Å². The molecule has 0 bridgehead atoms. The molecule has 35 heavy (non-hydrogen) atoms. The van der Waals surface area contributed by atoms with Crippen molar-refractivity contribution in [3.05, 3.63) is 46.1 Å². The second-order valence-electron chi connectivity index (χ2n) is 8.03. The predicted octanol–water partition coefficient (Wildman–Crippen LogP) is 3.99. The Kier molecular flexibility index (Phi) is 12.5. The lowest BCUT2D eigenvalue weighted by Gasteiger charge is -2.32. The van der Waals surface area contributed by atoms with Crippen LogP contribution in [0.2, 0.25) is 0 Å². The van der Waals surface area contributed by atoms with Crippen molar-refractivity contribution >= 4 is 28.1 Å². The maximum Gasteiger partial charge on any atom is 0.226 e. The molecular weight excluding hydrogens is 456 g/mol. The van der Waals surface area contributed by atoms with Crippen LogP contribution in [0.25, 0.3) is 0 Å². The van der Waals surface area contributed by atoms with E-state index in [1.165, 1.54) is 16.9 Å². The fourth-order valence-corrected chi connectivity index (χ4v) is 5.07. The van der Waals surface area contributed by atoms with Gasteiger partial charge in [-0.3, -0.25) is 5.41 Å². The number of anilines is 2. The summed E-state index contributed by atoms with van der Waals surface area (Å²) in [5.41, 5.74) is 14.8. The van der Waals surface area contributed by atoms with Crippen LogP contribution < -0.4 is 16.4 Å². The Morgan fingerprint density at radius 3 is 2.46 bits per heavy atom. The van der Waals surface area contributed by atoms with Gasteiger partial charge in [0.1, 0.15) is 22.6 Å². The van der Waals surface area contributed by atoms with Crippen molar-refractivity contribution in [2.45, 2.75) is 46.0 Å². The number of rotatable bonds is 3. The molecule has 188 valence electrons. The zero-order chi connectivity index (χ0) is 26.5. The highest BCUT2D eigenvalue weighted by Gasteiger charge is 2.27. The van der Waals surface area contributed by atoms with E-state index in [0.717, 1.165) is 44.6 Å². The van der Waals surface area contributed by atoms with E-state index in [9.17, 15) is 0 Å². The molecule has 8 nitrogen and oxygen atoms in total. The third kappa shape index (κ3) is 7.81. The number of thiophene rings is 1. The van der Waals surface area contributed by atoms with E-state index in [1.54, 1.807) is 23.6 Å². The normalized spacial score (nSPS) is 16.5. The van der Waals surface area contributed by atoms with Gasteiger partial charge in [0.25, 0.3) is 0 Å². The molecule has 0 amide bonds. The molecule has 9 heteroatoms. The van der Waals surface area contributed by atoms with Crippen LogP contribution >= 0.6 is 11.3 Å². The van der Waals surface area contributed by atoms with Gasteiger partial charge in [0.05, 0.1) is 5.56 Å². The molecule has 0 unspecified atom stereocenters. The highest BCUT2D eigenvalue weighted by Crippen LogP contribution is 2.44. The largest absolute Gasteiger partial charge is 0.389 e. The monoisotopic (exact) mass is 494 g/mol. The molecule has 0 aromatic carbocycles. The topological polar surface area (TPSA) is 132 Å². The first-order valence-corrected chi connectivity index (χ1v) is 12.5. The number of nitriles is 1. The van der Waals surface area contributed by atoms with Crippen molar-refractivity contribution in [2.24, 2.45) is 5.73 Å². The Bertz CT molecular complexity index is 1040. The van der Waals surface area contributed by atoms with Crippen LogP contribution in [-0.2, 0) is 6.42 Å². The van der Waals surface area contributed by atoms with Crippen LogP contribution in [0, 0.1) is 29.6 Å². The Morgan fingerprint density at radius 2 is 1.91 bits per heavy atom. The third-order valence-corrected chi connectivity index (χ3v) is 6.80. The number of allylic oxidation sites excluding steroid dienone is 1. The number of nitrogen functional groups attached to an aromatic ring is 2. The summed E-state index contributed by atoms with van der Waals surface area (Å²) in [6, 6.07) is 3.89. The van der Waals surface area contributed by atoms with Crippen molar-refractivity contribution in [1.29, 1.82) is 10.7 Å². The second-order valence-corrected chi connectivity index (χ2v) is 9.16. The number of nitrogens with zero attached hydrogens (tertiary/aromatic N) is 5. The van der Waals surface area contributed by atoms with Gasteiger partial charge in [-0.15, -0.1) is 24.2 Å². The number of likely N-dealkylation sites (N-methyl/N-ethyl adjacent to an activating group) is 1. The number of piperazine rings is 1. The number of hydrogen-bond donors (Lipinski definition) is 3. The molecular formula is C26H38N8S. The molecule has 2 aliphatic rings. The van der Waals surface area contributed by atoms with Gasteiger partial charge in [-0.25, -0.2) is 9.97 Å². The lowest BCUT2D eigenvalue weighted by molar-refractivity contribution is 0.311. The standard InChI is InChI=1S/C12H14N2S.C10H16N6.C2H6.C2H2/c1-7(2)8-4-3-5-10-11(8)9(6-13)12(14)15-10;1-15-4-6-16(7-5-15)10-13-3-2-8(14-10)9(11)12;2*1-2/h8H,1,3-5,14H2,2H3;2-3H,4-7H2,1H3,(H3,11,12);1-2H3;1-2H/t8-;;;/m1.../s1. The SMILES string of the molecule is C#C.C=C(C)[C@H]1CCCc2sc(N)c(C#N)c21.CC.CN1CCN(c2nccc(C(=N)N)n2)CC1. The molecule has 5 N–H and O–H groups in total. The van der Waals surface area contributed by atoms with Gasteiger partial charge in [-0.05, 0) is 44.9 Å². The first kappa shape index (κ1) is 29.6. The Morgan fingerprint density at radius 1 is 1.29 bits per heavy atom. The number of aryl methyl sites for hydroxylation is 1.